The van der Waals surface area contributed by atoms with Crippen LogP contribution in [0, 0.1) is 6.92 Å². The second-order valence-electron chi connectivity index (χ2n) is 4.43. The van der Waals surface area contributed by atoms with Crippen molar-refractivity contribution in [1.29, 1.82) is 0 Å². The lowest BCUT2D eigenvalue weighted by molar-refractivity contribution is 0.284. The van der Waals surface area contributed by atoms with Gasteiger partial charge in [-0.3, -0.25) is 0 Å². The third-order valence-electron chi connectivity index (χ3n) is 2.85. The van der Waals surface area contributed by atoms with E-state index in [1.165, 1.54) is 5.56 Å². The summed E-state index contributed by atoms with van der Waals surface area (Å²) in [5.74, 6) is 1.76. The van der Waals surface area contributed by atoms with Gasteiger partial charge in [0.25, 0.3) is 0 Å². The third kappa shape index (κ3) is 3.56. The SMILES string of the molecule is CCCn1ncnc1COc1ccc(C)cc1CBr. The van der Waals surface area contributed by atoms with Crippen LogP contribution in [0.4, 0.5) is 0 Å². The molecule has 0 fully saturated rings. The quantitative estimate of drug-likeness (QED) is 0.764. The first kappa shape index (κ1) is 14.1. The highest BCUT2D eigenvalue weighted by Gasteiger charge is 2.07. The number of ether oxygens (including phenoxy) is 1. The zero-order chi connectivity index (χ0) is 13.7. The van der Waals surface area contributed by atoms with Crippen LogP contribution in [-0.2, 0) is 18.5 Å². The minimum absolute atomic E-state index is 0.447. The van der Waals surface area contributed by atoms with Crippen molar-refractivity contribution in [1.82, 2.24) is 14.8 Å². The minimum Gasteiger partial charge on any atom is -0.485 e. The molecule has 4 nitrogen and oxygen atoms in total. The topological polar surface area (TPSA) is 39.9 Å². The van der Waals surface area contributed by atoms with Gasteiger partial charge in [0.05, 0.1) is 0 Å². The van der Waals surface area contributed by atoms with Crippen LogP contribution in [-0.4, -0.2) is 14.8 Å². The maximum atomic E-state index is 5.86. The van der Waals surface area contributed by atoms with Crippen LogP contribution in [0.2, 0.25) is 0 Å². The zero-order valence-corrected chi connectivity index (χ0v) is 12.9. The number of alkyl halides is 1. The van der Waals surface area contributed by atoms with Gasteiger partial charge in [0, 0.05) is 17.4 Å². The Kier molecular flexibility index (Phi) is 4.96. The van der Waals surface area contributed by atoms with E-state index in [1.807, 2.05) is 10.7 Å². The van der Waals surface area contributed by atoms with E-state index >= 15 is 0 Å². The summed E-state index contributed by atoms with van der Waals surface area (Å²) in [6.45, 7) is 5.52. The summed E-state index contributed by atoms with van der Waals surface area (Å²) < 4.78 is 7.75. The van der Waals surface area contributed by atoms with Crippen LogP contribution >= 0.6 is 15.9 Å². The highest BCUT2D eigenvalue weighted by molar-refractivity contribution is 9.08. The van der Waals surface area contributed by atoms with Crippen LogP contribution in [0.15, 0.2) is 24.5 Å². The molecule has 0 radical (unpaired) electrons. The lowest BCUT2D eigenvalue weighted by Gasteiger charge is -2.11. The van der Waals surface area contributed by atoms with Gasteiger partial charge in [-0.2, -0.15) is 5.10 Å². The molecule has 0 atom stereocenters. The summed E-state index contributed by atoms with van der Waals surface area (Å²) in [5, 5.41) is 4.97. The Balaban J connectivity index is 2.07. The average molecular weight is 324 g/mol. The van der Waals surface area contributed by atoms with Crippen molar-refractivity contribution in [3.63, 3.8) is 0 Å². The van der Waals surface area contributed by atoms with E-state index in [1.54, 1.807) is 6.33 Å². The van der Waals surface area contributed by atoms with Crippen molar-refractivity contribution in [3.8, 4) is 5.75 Å². The Morgan fingerprint density at radius 3 is 2.95 bits per heavy atom. The predicted octanol–water partition coefficient (Wildman–Crippen LogP) is 3.47. The Bertz CT molecular complexity index is 539. The van der Waals surface area contributed by atoms with E-state index in [0.717, 1.165) is 35.4 Å². The summed E-state index contributed by atoms with van der Waals surface area (Å²) in [7, 11) is 0. The van der Waals surface area contributed by atoms with Crippen molar-refractivity contribution in [2.75, 3.05) is 0 Å². The summed E-state index contributed by atoms with van der Waals surface area (Å²) in [6, 6.07) is 6.19. The monoisotopic (exact) mass is 323 g/mol. The minimum atomic E-state index is 0.447. The molecule has 0 aliphatic heterocycles. The van der Waals surface area contributed by atoms with Gasteiger partial charge in [0.2, 0.25) is 0 Å². The van der Waals surface area contributed by atoms with E-state index in [2.05, 4.69) is 52.0 Å². The lowest BCUT2D eigenvalue weighted by Crippen LogP contribution is -2.09. The Labute approximate surface area is 121 Å². The number of aryl methyl sites for hydroxylation is 2. The van der Waals surface area contributed by atoms with Crippen molar-refractivity contribution in [3.05, 3.63) is 41.5 Å². The molecule has 0 unspecified atom stereocenters. The molecule has 1 aromatic heterocycles. The summed E-state index contributed by atoms with van der Waals surface area (Å²) in [5.41, 5.74) is 2.39. The molecule has 0 saturated carbocycles. The molecule has 5 heteroatoms. The van der Waals surface area contributed by atoms with Crippen LogP contribution in [0.25, 0.3) is 0 Å². The van der Waals surface area contributed by atoms with Crippen molar-refractivity contribution in [2.45, 2.75) is 38.8 Å². The Morgan fingerprint density at radius 1 is 1.37 bits per heavy atom. The number of aromatic nitrogens is 3. The van der Waals surface area contributed by atoms with Gasteiger partial charge >= 0.3 is 0 Å². The van der Waals surface area contributed by atoms with E-state index in [-0.39, 0.29) is 0 Å². The highest BCUT2D eigenvalue weighted by Crippen LogP contribution is 2.23. The second kappa shape index (κ2) is 6.70. The van der Waals surface area contributed by atoms with E-state index in [9.17, 15) is 0 Å². The molecule has 0 spiro atoms. The van der Waals surface area contributed by atoms with E-state index in [0.29, 0.717) is 6.61 Å². The fraction of sp³-hybridized carbons (Fsp3) is 0.429. The molecule has 1 heterocycles. The number of hydrogen-bond donors (Lipinski definition) is 0. The van der Waals surface area contributed by atoms with Gasteiger partial charge in [0.1, 0.15) is 18.7 Å². The number of rotatable bonds is 6. The van der Waals surface area contributed by atoms with Crippen LogP contribution < -0.4 is 4.74 Å². The van der Waals surface area contributed by atoms with Gasteiger partial charge in [-0.25, -0.2) is 9.67 Å². The van der Waals surface area contributed by atoms with E-state index in [4.69, 9.17) is 4.74 Å². The predicted molar refractivity (Wildman–Crippen MR) is 78.5 cm³/mol. The average Bonchev–Trinajstić information content (AvgIpc) is 2.85. The van der Waals surface area contributed by atoms with Crippen molar-refractivity contribution >= 4 is 15.9 Å². The summed E-state index contributed by atoms with van der Waals surface area (Å²) in [6.07, 6.45) is 2.61. The number of halogens is 1. The lowest BCUT2D eigenvalue weighted by atomic mass is 10.1. The standard InChI is InChI=1S/C14H18BrN3O/c1-3-6-18-14(16-10-17-18)9-19-13-5-4-11(2)7-12(13)8-15/h4-5,7,10H,3,6,8-9H2,1-2H3. The number of benzene rings is 1. The summed E-state index contributed by atoms with van der Waals surface area (Å²) >= 11 is 3.49. The van der Waals surface area contributed by atoms with Gasteiger partial charge in [-0.1, -0.05) is 40.5 Å². The van der Waals surface area contributed by atoms with Gasteiger partial charge in [-0.05, 0) is 19.4 Å². The van der Waals surface area contributed by atoms with Gasteiger partial charge in [0.15, 0.2) is 5.82 Å². The molecule has 0 saturated heterocycles. The summed E-state index contributed by atoms with van der Waals surface area (Å²) in [4.78, 5) is 4.24. The van der Waals surface area contributed by atoms with E-state index < -0.39 is 0 Å². The zero-order valence-electron chi connectivity index (χ0n) is 11.3. The van der Waals surface area contributed by atoms with Gasteiger partial charge < -0.3 is 4.74 Å². The molecule has 0 aliphatic carbocycles. The maximum absolute atomic E-state index is 5.86. The third-order valence-corrected chi connectivity index (χ3v) is 3.45. The number of hydrogen-bond acceptors (Lipinski definition) is 3. The highest BCUT2D eigenvalue weighted by atomic mass is 79.9. The normalized spacial score (nSPS) is 10.7. The smallest absolute Gasteiger partial charge is 0.164 e. The molecule has 19 heavy (non-hydrogen) atoms. The maximum Gasteiger partial charge on any atom is 0.164 e. The molecule has 0 N–H and O–H groups in total. The van der Waals surface area contributed by atoms with Crippen molar-refractivity contribution in [2.24, 2.45) is 0 Å². The number of nitrogens with zero attached hydrogens (tertiary/aromatic N) is 3. The largest absolute Gasteiger partial charge is 0.485 e. The van der Waals surface area contributed by atoms with Crippen LogP contribution in [0.3, 0.4) is 0 Å². The fourth-order valence-corrected chi connectivity index (χ4v) is 2.33. The fourth-order valence-electron chi connectivity index (χ4n) is 1.89. The van der Waals surface area contributed by atoms with Crippen molar-refractivity contribution < 1.29 is 4.74 Å². The molecule has 0 aliphatic rings. The molecule has 102 valence electrons. The Hall–Kier alpha value is -1.36. The molecule has 1 aromatic carbocycles. The molecule has 2 aromatic rings. The van der Waals surface area contributed by atoms with Crippen LogP contribution in [0.1, 0.15) is 30.3 Å². The first-order chi connectivity index (χ1) is 9.24. The molecule has 2 rings (SSSR count). The molecule has 0 bridgehead atoms. The molecular formula is C14H18BrN3O. The molecular weight excluding hydrogens is 306 g/mol. The Morgan fingerprint density at radius 2 is 2.21 bits per heavy atom. The first-order valence-electron chi connectivity index (χ1n) is 6.39. The molecule has 0 amide bonds. The first-order valence-corrected chi connectivity index (χ1v) is 7.51. The second-order valence-corrected chi connectivity index (χ2v) is 4.99. The van der Waals surface area contributed by atoms with Crippen LogP contribution in [0.5, 0.6) is 5.75 Å². The van der Waals surface area contributed by atoms with Gasteiger partial charge in [-0.15, -0.1) is 0 Å².